The predicted molar refractivity (Wildman–Crippen MR) is 63.0 cm³/mol. The molecular weight excluding hydrogens is 221 g/mol. The maximum Gasteiger partial charge on any atom is 0.257 e. The molecule has 1 amide bonds. The molecule has 0 atom stereocenters. The lowest BCUT2D eigenvalue weighted by Gasteiger charge is -2.06. The number of pyridine rings is 1. The molecule has 0 unspecified atom stereocenters. The lowest BCUT2D eigenvalue weighted by molar-refractivity contribution is 0.102. The summed E-state index contributed by atoms with van der Waals surface area (Å²) in [7, 11) is 0. The first kappa shape index (κ1) is 11.1. The smallest absolute Gasteiger partial charge is 0.257 e. The van der Waals surface area contributed by atoms with Crippen molar-refractivity contribution in [2.24, 2.45) is 0 Å². The second kappa shape index (κ2) is 4.61. The largest absolute Gasteiger partial charge is 0.399 e. The van der Waals surface area contributed by atoms with Gasteiger partial charge in [-0.25, -0.2) is 4.39 Å². The fourth-order valence-corrected chi connectivity index (χ4v) is 1.33. The molecule has 86 valence electrons. The highest BCUT2D eigenvalue weighted by Crippen LogP contribution is 2.18. The first-order valence-electron chi connectivity index (χ1n) is 4.93. The minimum Gasteiger partial charge on any atom is -0.399 e. The fraction of sp³-hybridized carbons (Fsp3) is 0. The summed E-state index contributed by atoms with van der Waals surface area (Å²) in [6.45, 7) is 0. The fourth-order valence-electron chi connectivity index (χ4n) is 1.33. The lowest BCUT2D eigenvalue weighted by atomic mass is 10.2. The second-order valence-corrected chi connectivity index (χ2v) is 3.44. The number of hydrogen-bond donors (Lipinski definition) is 2. The molecule has 0 aliphatic rings. The Hall–Kier alpha value is -2.43. The van der Waals surface area contributed by atoms with Gasteiger partial charge in [-0.1, -0.05) is 0 Å². The van der Waals surface area contributed by atoms with Crippen LogP contribution >= 0.6 is 0 Å². The Morgan fingerprint density at radius 1 is 1.35 bits per heavy atom. The van der Waals surface area contributed by atoms with E-state index >= 15 is 0 Å². The number of nitrogens with one attached hydrogen (secondary N) is 1. The number of hydrogen-bond acceptors (Lipinski definition) is 3. The van der Waals surface area contributed by atoms with Crippen molar-refractivity contribution in [1.29, 1.82) is 0 Å². The average Bonchev–Trinajstić information content (AvgIpc) is 2.35. The van der Waals surface area contributed by atoms with Gasteiger partial charge in [0.15, 0.2) is 0 Å². The van der Waals surface area contributed by atoms with E-state index in [9.17, 15) is 9.18 Å². The summed E-state index contributed by atoms with van der Waals surface area (Å²) in [5.74, 6) is -0.959. The van der Waals surface area contributed by atoms with E-state index in [1.54, 1.807) is 18.3 Å². The summed E-state index contributed by atoms with van der Waals surface area (Å²) < 4.78 is 13.4. The van der Waals surface area contributed by atoms with Crippen molar-refractivity contribution in [3.8, 4) is 0 Å². The molecule has 1 heterocycles. The van der Waals surface area contributed by atoms with Crippen LogP contribution in [0.3, 0.4) is 0 Å². The number of rotatable bonds is 2. The van der Waals surface area contributed by atoms with Crippen LogP contribution in [0.4, 0.5) is 15.8 Å². The van der Waals surface area contributed by atoms with Gasteiger partial charge in [-0.3, -0.25) is 9.78 Å². The lowest BCUT2D eigenvalue weighted by Crippen LogP contribution is -2.13. The van der Waals surface area contributed by atoms with Crippen LogP contribution < -0.4 is 11.1 Å². The van der Waals surface area contributed by atoms with E-state index in [4.69, 9.17) is 5.73 Å². The molecule has 1 aromatic carbocycles. The van der Waals surface area contributed by atoms with Gasteiger partial charge in [0.1, 0.15) is 5.82 Å². The molecule has 2 rings (SSSR count). The normalized spacial score (nSPS) is 9.94. The highest BCUT2D eigenvalue weighted by molar-refractivity contribution is 6.04. The van der Waals surface area contributed by atoms with Gasteiger partial charge in [0.05, 0.1) is 11.3 Å². The molecule has 0 saturated carbocycles. The van der Waals surface area contributed by atoms with Crippen LogP contribution in [0, 0.1) is 5.82 Å². The van der Waals surface area contributed by atoms with Gasteiger partial charge >= 0.3 is 0 Å². The number of carbonyl (C=O) groups is 1. The van der Waals surface area contributed by atoms with Crippen LogP contribution in [0.2, 0.25) is 0 Å². The summed E-state index contributed by atoms with van der Waals surface area (Å²) in [5.41, 5.74) is 6.30. The number of nitrogens with two attached hydrogens (primary N) is 1. The zero-order chi connectivity index (χ0) is 12.3. The molecular formula is C12H10FN3O. The third-order valence-corrected chi connectivity index (χ3v) is 2.16. The van der Waals surface area contributed by atoms with Crippen molar-refractivity contribution in [1.82, 2.24) is 4.98 Å². The van der Waals surface area contributed by atoms with Gasteiger partial charge in [-0.05, 0) is 30.3 Å². The minimum absolute atomic E-state index is 0.0545. The summed E-state index contributed by atoms with van der Waals surface area (Å²) in [4.78, 5) is 15.5. The molecule has 0 fully saturated rings. The van der Waals surface area contributed by atoms with E-state index in [2.05, 4.69) is 10.3 Å². The maximum atomic E-state index is 13.4. The number of nitrogens with zero attached hydrogens (tertiary/aromatic N) is 1. The number of aromatic nitrogens is 1. The molecule has 1 aromatic heterocycles. The maximum absolute atomic E-state index is 13.4. The van der Waals surface area contributed by atoms with Gasteiger partial charge in [0.25, 0.3) is 5.91 Å². The highest BCUT2D eigenvalue weighted by Gasteiger charge is 2.09. The SMILES string of the molecule is Nc1ccc(F)c(NC(=O)c2cccnc2)c1. The molecule has 0 radical (unpaired) electrons. The van der Waals surface area contributed by atoms with Gasteiger partial charge in [0, 0.05) is 18.1 Å². The molecule has 0 spiro atoms. The number of carbonyl (C=O) groups excluding carboxylic acids is 1. The Bertz CT molecular complexity index is 543. The van der Waals surface area contributed by atoms with Crippen LogP contribution in [0.1, 0.15) is 10.4 Å². The van der Waals surface area contributed by atoms with Crippen molar-refractivity contribution in [2.45, 2.75) is 0 Å². The van der Waals surface area contributed by atoms with Crippen LogP contribution in [0.5, 0.6) is 0 Å². The van der Waals surface area contributed by atoms with Crippen molar-refractivity contribution in [3.63, 3.8) is 0 Å². The molecule has 0 aliphatic heterocycles. The Labute approximate surface area is 97.3 Å². The third kappa shape index (κ3) is 2.57. The zero-order valence-corrected chi connectivity index (χ0v) is 8.85. The topological polar surface area (TPSA) is 68.0 Å². The first-order chi connectivity index (χ1) is 8.16. The zero-order valence-electron chi connectivity index (χ0n) is 8.85. The van der Waals surface area contributed by atoms with E-state index in [1.807, 2.05) is 0 Å². The molecule has 0 bridgehead atoms. The van der Waals surface area contributed by atoms with Crippen molar-refractivity contribution in [2.75, 3.05) is 11.1 Å². The van der Waals surface area contributed by atoms with E-state index in [0.717, 1.165) is 0 Å². The number of benzene rings is 1. The Morgan fingerprint density at radius 3 is 2.88 bits per heavy atom. The van der Waals surface area contributed by atoms with E-state index in [1.165, 1.54) is 24.4 Å². The molecule has 0 aliphatic carbocycles. The summed E-state index contributed by atoms with van der Waals surface area (Å²) in [6, 6.07) is 7.21. The van der Waals surface area contributed by atoms with Crippen LogP contribution in [-0.2, 0) is 0 Å². The van der Waals surface area contributed by atoms with Gasteiger partial charge < -0.3 is 11.1 Å². The van der Waals surface area contributed by atoms with Crippen molar-refractivity contribution in [3.05, 3.63) is 54.1 Å². The van der Waals surface area contributed by atoms with Gasteiger partial charge in [-0.15, -0.1) is 0 Å². The Morgan fingerprint density at radius 2 is 2.18 bits per heavy atom. The summed E-state index contributed by atoms with van der Waals surface area (Å²) in [6.07, 6.45) is 2.96. The molecule has 4 nitrogen and oxygen atoms in total. The number of anilines is 2. The monoisotopic (exact) mass is 231 g/mol. The average molecular weight is 231 g/mol. The highest BCUT2D eigenvalue weighted by atomic mass is 19.1. The predicted octanol–water partition coefficient (Wildman–Crippen LogP) is 2.06. The summed E-state index contributed by atoms with van der Waals surface area (Å²) in [5, 5.41) is 2.43. The van der Waals surface area contributed by atoms with Gasteiger partial charge in [-0.2, -0.15) is 0 Å². The first-order valence-corrected chi connectivity index (χ1v) is 4.93. The second-order valence-electron chi connectivity index (χ2n) is 3.44. The number of nitrogen functional groups attached to an aromatic ring is 1. The van der Waals surface area contributed by atoms with E-state index < -0.39 is 11.7 Å². The van der Waals surface area contributed by atoms with Gasteiger partial charge in [0.2, 0.25) is 0 Å². The third-order valence-electron chi connectivity index (χ3n) is 2.16. The molecule has 2 aromatic rings. The minimum atomic E-state index is -0.531. The van der Waals surface area contributed by atoms with Crippen molar-refractivity contribution < 1.29 is 9.18 Å². The van der Waals surface area contributed by atoms with E-state index in [-0.39, 0.29) is 5.69 Å². The standard InChI is InChI=1S/C12H10FN3O/c13-10-4-3-9(14)6-11(10)16-12(17)8-2-1-5-15-7-8/h1-7H,14H2,(H,16,17). The molecule has 5 heteroatoms. The van der Waals surface area contributed by atoms with Crippen LogP contribution in [0.25, 0.3) is 0 Å². The molecule has 17 heavy (non-hydrogen) atoms. The van der Waals surface area contributed by atoms with E-state index in [0.29, 0.717) is 11.3 Å². The number of amides is 1. The number of halogens is 1. The summed E-state index contributed by atoms with van der Waals surface area (Å²) >= 11 is 0. The van der Waals surface area contributed by atoms with Crippen molar-refractivity contribution >= 4 is 17.3 Å². The molecule has 3 N–H and O–H groups in total. The quantitative estimate of drug-likeness (QED) is 0.777. The van der Waals surface area contributed by atoms with Crippen LogP contribution in [0.15, 0.2) is 42.7 Å². The Balaban J connectivity index is 2.22. The van der Waals surface area contributed by atoms with Crippen LogP contribution in [-0.4, -0.2) is 10.9 Å². The molecule has 0 saturated heterocycles. The Kier molecular flexibility index (Phi) is 3.00.